The fourth-order valence-corrected chi connectivity index (χ4v) is 6.37. The molecule has 5 amide bonds. The Morgan fingerprint density at radius 3 is 2.28 bits per heavy atom. The van der Waals surface area contributed by atoms with Gasteiger partial charge in [0.15, 0.2) is 12.3 Å². The number of ether oxygens (including phenoxy) is 3. The molecule has 16 nitrogen and oxygen atoms in total. The summed E-state index contributed by atoms with van der Waals surface area (Å²) in [6, 6.07) is 8.80. The van der Waals surface area contributed by atoms with Gasteiger partial charge in [0.25, 0.3) is 11.8 Å². The summed E-state index contributed by atoms with van der Waals surface area (Å²) in [7, 11) is 0. The van der Waals surface area contributed by atoms with Crippen LogP contribution < -0.4 is 15.4 Å². The molecule has 16 heteroatoms. The first-order chi connectivity index (χ1) is 25.5. The highest BCUT2D eigenvalue weighted by atomic mass is 16.6. The van der Waals surface area contributed by atoms with E-state index in [1.54, 1.807) is 41.0 Å². The number of benzene rings is 1. The Hall–Kier alpha value is -5.15. The van der Waals surface area contributed by atoms with Gasteiger partial charge >= 0.3 is 12.1 Å². The highest BCUT2D eigenvalue weighted by molar-refractivity contribution is 5.96. The second-order valence-electron chi connectivity index (χ2n) is 13.9. The number of piperazine rings is 1. The van der Waals surface area contributed by atoms with E-state index in [-0.39, 0.29) is 94.2 Å². The van der Waals surface area contributed by atoms with Crippen LogP contribution in [0.15, 0.2) is 36.4 Å². The van der Waals surface area contributed by atoms with Crippen molar-refractivity contribution in [2.45, 2.75) is 83.8 Å². The number of carbonyl (C=O) groups excluding carboxylic acids is 6. The van der Waals surface area contributed by atoms with Gasteiger partial charge in [0.05, 0.1) is 18.9 Å². The van der Waals surface area contributed by atoms with Gasteiger partial charge < -0.3 is 39.5 Å². The molecular formula is C37H51N7O9. The number of hydrogen-bond donors (Lipinski definition) is 2. The molecule has 2 aliphatic heterocycles. The molecule has 5 rings (SSSR count). The molecule has 2 N–H and O–H groups in total. The molecule has 1 aromatic heterocycles. The van der Waals surface area contributed by atoms with Crippen molar-refractivity contribution >= 4 is 35.7 Å². The van der Waals surface area contributed by atoms with Crippen molar-refractivity contribution in [1.82, 2.24) is 35.1 Å². The van der Waals surface area contributed by atoms with Gasteiger partial charge in [-0.25, -0.2) is 9.48 Å². The van der Waals surface area contributed by atoms with Crippen LogP contribution in [-0.4, -0.2) is 131 Å². The largest absolute Gasteiger partial charge is 0.467 e. The van der Waals surface area contributed by atoms with E-state index in [0.29, 0.717) is 25.1 Å². The van der Waals surface area contributed by atoms with E-state index < -0.39 is 36.0 Å². The van der Waals surface area contributed by atoms with Gasteiger partial charge in [0.2, 0.25) is 17.7 Å². The predicted octanol–water partition coefficient (Wildman–Crippen LogP) is 2.29. The molecule has 1 aliphatic carbocycles. The Bertz CT molecular complexity index is 1600. The molecule has 0 bridgehead atoms. The minimum Gasteiger partial charge on any atom is -0.467 e. The molecule has 0 spiro atoms. The molecule has 53 heavy (non-hydrogen) atoms. The van der Waals surface area contributed by atoms with E-state index in [9.17, 15) is 28.8 Å². The van der Waals surface area contributed by atoms with Gasteiger partial charge in [0, 0.05) is 51.3 Å². The molecule has 0 unspecified atom stereocenters. The number of esters is 1. The van der Waals surface area contributed by atoms with Crippen molar-refractivity contribution < 1.29 is 43.0 Å². The number of nitrogens with zero attached hydrogens (tertiary/aromatic N) is 5. The zero-order chi connectivity index (χ0) is 37.9. The van der Waals surface area contributed by atoms with Crippen LogP contribution >= 0.6 is 0 Å². The molecule has 0 radical (unpaired) electrons. The Kier molecular flexibility index (Phi) is 13.7. The van der Waals surface area contributed by atoms with Crippen molar-refractivity contribution in [1.29, 1.82) is 0 Å². The summed E-state index contributed by atoms with van der Waals surface area (Å²) in [6.07, 6.45) is 3.66. The number of carbonyl (C=O) groups is 6. The number of rotatable bonds is 15. The van der Waals surface area contributed by atoms with Crippen LogP contribution in [0, 0.1) is 5.92 Å². The Morgan fingerprint density at radius 2 is 1.62 bits per heavy atom. The van der Waals surface area contributed by atoms with Gasteiger partial charge in [-0.15, -0.1) is 0 Å². The quantitative estimate of drug-likeness (QED) is 0.258. The van der Waals surface area contributed by atoms with E-state index in [1.807, 2.05) is 19.9 Å². The summed E-state index contributed by atoms with van der Waals surface area (Å²) in [6.45, 7) is 7.02. The average molecular weight is 738 g/mol. The smallest absolute Gasteiger partial charge is 0.409 e. The topological polar surface area (TPSA) is 182 Å². The third kappa shape index (κ3) is 10.5. The van der Waals surface area contributed by atoms with E-state index in [4.69, 9.17) is 14.2 Å². The van der Waals surface area contributed by atoms with Crippen LogP contribution in [-0.2, 0) is 28.7 Å². The van der Waals surface area contributed by atoms with Gasteiger partial charge in [-0.05, 0) is 63.5 Å². The molecule has 3 heterocycles. The number of likely N-dealkylation sites (tertiary alicyclic amines) is 1. The summed E-state index contributed by atoms with van der Waals surface area (Å²) in [5.41, 5.74) is 0.482. The van der Waals surface area contributed by atoms with Crippen LogP contribution in [0.3, 0.4) is 0 Å². The first-order valence-electron chi connectivity index (χ1n) is 18.6. The van der Waals surface area contributed by atoms with Gasteiger partial charge in [0.1, 0.15) is 12.1 Å². The lowest BCUT2D eigenvalue weighted by Gasteiger charge is -2.35. The summed E-state index contributed by atoms with van der Waals surface area (Å²) in [4.78, 5) is 83.2. The molecule has 2 saturated heterocycles. The lowest BCUT2D eigenvalue weighted by Crippen LogP contribution is -2.56. The van der Waals surface area contributed by atoms with Crippen LogP contribution in [0.1, 0.15) is 76.2 Å². The first kappa shape index (κ1) is 39.1. The summed E-state index contributed by atoms with van der Waals surface area (Å²) < 4.78 is 17.8. The molecule has 288 valence electrons. The second kappa shape index (κ2) is 18.6. The lowest BCUT2D eigenvalue weighted by molar-refractivity contribution is -0.145. The number of aromatic nitrogens is 2. The van der Waals surface area contributed by atoms with Crippen molar-refractivity contribution in [3.63, 3.8) is 0 Å². The molecule has 1 aromatic carbocycles. The first-order valence-corrected chi connectivity index (χ1v) is 18.6. The fourth-order valence-electron chi connectivity index (χ4n) is 6.37. The predicted molar refractivity (Wildman–Crippen MR) is 191 cm³/mol. The Balaban J connectivity index is 1.29. The van der Waals surface area contributed by atoms with Crippen LogP contribution in [0.2, 0.25) is 0 Å². The van der Waals surface area contributed by atoms with E-state index in [0.717, 1.165) is 19.3 Å². The fraction of sp³-hybridized carbons (Fsp3) is 0.595. The number of amides is 5. The van der Waals surface area contributed by atoms with Crippen molar-refractivity contribution in [2.24, 2.45) is 5.92 Å². The van der Waals surface area contributed by atoms with Gasteiger partial charge in [-0.1, -0.05) is 32.0 Å². The Labute approximate surface area is 309 Å². The SMILES string of the molecule is CCOC(=O)N1CCN(C(=O)[C@H](CCC(=O)OCC(C)C)NC(=O)c2cc(OCC(=O)N3CCC[C@H]3C(=O)NC3CCC3)n(-c3ccccc3)n2)CC1. The third-order valence-corrected chi connectivity index (χ3v) is 9.52. The molecule has 2 atom stereocenters. The van der Waals surface area contributed by atoms with E-state index in [1.165, 1.54) is 15.6 Å². The van der Waals surface area contributed by atoms with E-state index in [2.05, 4.69) is 15.7 Å². The molecule has 3 fully saturated rings. The van der Waals surface area contributed by atoms with Crippen LogP contribution in [0.5, 0.6) is 5.88 Å². The van der Waals surface area contributed by atoms with Gasteiger partial charge in [-0.2, -0.15) is 5.10 Å². The summed E-state index contributed by atoms with van der Waals surface area (Å²) in [5.74, 6) is -1.86. The maximum absolute atomic E-state index is 13.8. The zero-order valence-electron chi connectivity index (χ0n) is 30.8. The minimum atomic E-state index is -1.10. The third-order valence-electron chi connectivity index (χ3n) is 9.52. The standard InChI is InChI=1S/C37H51N7O9/c1-4-51-37(50)42-20-18-41(19-21-42)36(49)28(15-16-33(46)53-23-25(2)3)39-34(47)29-22-32(44(40-29)27-12-6-5-7-13-27)52-24-31(45)43-17-9-14-30(43)35(48)38-26-10-8-11-26/h5-7,12-13,22,25-26,28,30H,4,8-11,14-21,23-24H2,1-3H3,(H,38,48)(H,39,47)/t28-,30-/m0/s1. The lowest BCUT2D eigenvalue weighted by atomic mass is 9.93. The molecule has 2 aromatic rings. The maximum Gasteiger partial charge on any atom is 0.409 e. The van der Waals surface area contributed by atoms with Crippen molar-refractivity contribution in [2.75, 3.05) is 52.5 Å². The monoisotopic (exact) mass is 737 g/mol. The summed E-state index contributed by atoms with van der Waals surface area (Å²) in [5, 5.41) is 10.3. The molecule has 1 saturated carbocycles. The van der Waals surface area contributed by atoms with E-state index >= 15 is 0 Å². The van der Waals surface area contributed by atoms with Crippen LogP contribution in [0.25, 0.3) is 5.69 Å². The molecule has 3 aliphatic rings. The minimum absolute atomic E-state index is 0.0256. The number of para-hydroxylation sites is 1. The number of nitrogens with one attached hydrogen (secondary N) is 2. The Morgan fingerprint density at radius 1 is 0.906 bits per heavy atom. The zero-order valence-corrected chi connectivity index (χ0v) is 30.8. The van der Waals surface area contributed by atoms with Gasteiger partial charge in [-0.3, -0.25) is 24.0 Å². The van der Waals surface area contributed by atoms with Crippen molar-refractivity contribution in [3.05, 3.63) is 42.1 Å². The second-order valence-corrected chi connectivity index (χ2v) is 13.9. The highest BCUT2D eigenvalue weighted by Gasteiger charge is 2.36. The normalized spacial score (nSPS) is 17.9. The maximum atomic E-state index is 13.8. The highest BCUT2D eigenvalue weighted by Crippen LogP contribution is 2.24. The van der Waals surface area contributed by atoms with Crippen LogP contribution in [0.4, 0.5) is 4.79 Å². The summed E-state index contributed by atoms with van der Waals surface area (Å²) >= 11 is 0. The van der Waals surface area contributed by atoms with Crippen molar-refractivity contribution in [3.8, 4) is 11.6 Å². The average Bonchev–Trinajstić information content (AvgIpc) is 3.82. The molecular weight excluding hydrogens is 686 g/mol. The number of hydrogen-bond acceptors (Lipinski definition) is 10.